The van der Waals surface area contributed by atoms with E-state index in [2.05, 4.69) is 30.9 Å². The lowest BCUT2D eigenvalue weighted by molar-refractivity contribution is 1.06. The van der Waals surface area contributed by atoms with Crippen LogP contribution in [0, 0.1) is 0 Å². The Morgan fingerprint density at radius 1 is 0.400 bits per heavy atom. The summed E-state index contributed by atoms with van der Waals surface area (Å²) in [6.45, 7) is 0. The zero-order valence-corrected chi connectivity index (χ0v) is 16.0. The van der Waals surface area contributed by atoms with Crippen LogP contribution in [-0.4, -0.2) is 15.0 Å². The van der Waals surface area contributed by atoms with Crippen molar-refractivity contribution < 1.29 is 0 Å². The Kier molecular flexibility index (Phi) is 5.16. The third-order valence-corrected chi connectivity index (χ3v) is 4.14. The summed E-state index contributed by atoms with van der Waals surface area (Å²) >= 11 is 0. The first kappa shape index (κ1) is 18.8. The lowest BCUT2D eigenvalue weighted by atomic mass is 10.3. The van der Waals surface area contributed by atoms with Gasteiger partial charge >= 0.3 is 0 Å². The number of anilines is 9. The fourth-order valence-electron chi connectivity index (χ4n) is 2.63. The normalized spacial score (nSPS) is 10.4. The number of nitrogen functional groups attached to an aromatic ring is 3. The van der Waals surface area contributed by atoms with Crippen LogP contribution >= 0.6 is 0 Å². The molecule has 0 aliphatic carbocycles. The molecule has 0 aliphatic rings. The molecular formula is C21H21N9. The Bertz CT molecular complexity index is 966. The molecule has 9 N–H and O–H groups in total. The minimum atomic E-state index is 0.366. The van der Waals surface area contributed by atoms with E-state index in [4.69, 9.17) is 17.2 Å². The number of aromatic nitrogens is 3. The second-order valence-corrected chi connectivity index (χ2v) is 6.55. The van der Waals surface area contributed by atoms with E-state index in [0.717, 1.165) is 17.1 Å². The first-order chi connectivity index (χ1) is 14.5. The maximum absolute atomic E-state index is 5.75. The molecule has 0 saturated heterocycles. The highest BCUT2D eigenvalue weighted by atomic mass is 15.3. The maximum atomic E-state index is 5.75. The van der Waals surface area contributed by atoms with Gasteiger partial charge in [-0.1, -0.05) is 0 Å². The summed E-state index contributed by atoms with van der Waals surface area (Å²) in [5.74, 6) is 1.10. The zero-order chi connectivity index (χ0) is 20.9. The molecule has 1 aromatic heterocycles. The van der Waals surface area contributed by atoms with Gasteiger partial charge < -0.3 is 33.2 Å². The monoisotopic (exact) mass is 399 g/mol. The second kappa shape index (κ2) is 8.23. The number of benzene rings is 3. The molecule has 0 bridgehead atoms. The molecule has 150 valence electrons. The topological polar surface area (TPSA) is 153 Å². The first-order valence-corrected chi connectivity index (χ1v) is 9.17. The van der Waals surface area contributed by atoms with Crippen LogP contribution < -0.4 is 33.2 Å². The van der Waals surface area contributed by atoms with Gasteiger partial charge in [0.15, 0.2) is 0 Å². The lowest BCUT2D eigenvalue weighted by Crippen LogP contribution is -2.07. The summed E-state index contributed by atoms with van der Waals surface area (Å²) < 4.78 is 0. The van der Waals surface area contributed by atoms with Gasteiger partial charge in [-0.25, -0.2) is 0 Å². The molecule has 9 heteroatoms. The third-order valence-electron chi connectivity index (χ3n) is 4.14. The molecule has 9 nitrogen and oxygen atoms in total. The van der Waals surface area contributed by atoms with E-state index in [-0.39, 0.29) is 0 Å². The molecule has 1 heterocycles. The van der Waals surface area contributed by atoms with Gasteiger partial charge in [0.1, 0.15) is 0 Å². The van der Waals surface area contributed by atoms with Gasteiger partial charge in [-0.15, -0.1) is 0 Å². The van der Waals surface area contributed by atoms with E-state index in [9.17, 15) is 0 Å². The van der Waals surface area contributed by atoms with Gasteiger partial charge in [0.05, 0.1) is 0 Å². The molecule has 3 aromatic carbocycles. The highest BCUT2D eigenvalue weighted by molar-refractivity contribution is 5.64. The van der Waals surface area contributed by atoms with E-state index in [1.807, 2.05) is 36.4 Å². The summed E-state index contributed by atoms with van der Waals surface area (Å²) in [4.78, 5) is 13.4. The number of hydrogen-bond acceptors (Lipinski definition) is 9. The average Bonchev–Trinajstić information content (AvgIpc) is 2.73. The van der Waals surface area contributed by atoms with Crippen molar-refractivity contribution in [3.8, 4) is 0 Å². The van der Waals surface area contributed by atoms with E-state index >= 15 is 0 Å². The summed E-state index contributed by atoms with van der Waals surface area (Å²) in [7, 11) is 0. The van der Waals surface area contributed by atoms with Gasteiger partial charge in [0.2, 0.25) is 17.8 Å². The molecule has 0 fully saturated rings. The number of nitrogens with one attached hydrogen (secondary N) is 3. The van der Waals surface area contributed by atoms with E-state index in [0.29, 0.717) is 34.9 Å². The maximum Gasteiger partial charge on any atom is 0.233 e. The van der Waals surface area contributed by atoms with Crippen LogP contribution in [0.2, 0.25) is 0 Å². The molecule has 4 rings (SSSR count). The number of nitrogens with zero attached hydrogens (tertiary/aromatic N) is 3. The highest BCUT2D eigenvalue weighted by Crippen LogP contribution is 2.22. The summed E-state index contributed by atoms with van der Waals surface area (Å²) in [6, 6.07) is 21.9. The van der Waals surface area contributed by atoms with Gasteiger partial charge in [0.25, 0.3) is 0 Å². The summed E-state index contributed by atoms with van der Waals surface area (Å²) in [5.41, 5.74) is 21.7. The van der Waals surface area contributed by atoms with Crippen molar-refractivity contribution in [3.63, 3.8) is 0 Å². The first-order valence-electron chi connectivity index (χ1n) is 9.17. The minimum Gasteiger partial charge on any atom is -0.399 e. The highest BCUT2D eigenvalue weighted by Gasteiger charge is 2.08. The Labute approximate surface area is 173 Å². The molecule has 0 atom stereocenters. The standard InChI is InChI=1S/C21H21N9/c22-13-1-7-16(8-2-13)25-19-28-20(26-17-9-3-14(23)4-10-17)30-21(29-19)27-18-11-5-15(24)6-12-18/h1-12H,22-24H2,(H3,25,26,27,28,29,30). The summed E-state index contributed by atoms with van der Waals surface area (Å²) in [6.07, 6.45) is 0. The average molecular weight is 399 g/mol. The Balaban J connectivity index is 1.64. The second-order valence-electron chi connectivity index (χ2n) is 6.55. The van der Waals surface area contributed by atoms with Crippen LogP contribution in [0.25, 0.3) is 0 Å². The fraction of sp³-hybridized carbons (Fsp3) is 0. The van der Waals surface area contributed by atoms with Gasteiger partial charge in [-0.3, -0.25) is 0 Å². The quantitative estimate of drug-likeness (QED) is 0.265. The predicted molar refractivity (Wildman–Crippen MR) is 122 cm³/mol. The van der Waals surface area contributed by atoms with Crippen LogP contribution in [0.3, 0.4) is 0 Å². The molecule has 30 heavy (non-hydrogen) atoms. The van der Waals surface area contributed by atoms with Crippen molar-refractivity contribution in [2.75, 3.05) is 33.2 Å². The molecule has 0 spiro atoms. The zero-order valence-electron chi connectivity index (χ0n) is 16.0. The van der Waals surface area contributed by atoms with Gasteiger partial charge in [-0.2, -0.15) is 15.0 Å². The van der Waals surface area contributed by atoms with Crippen molar-refractivity contribution in [1.82, 2.24) is 15.0 Å². The van der Waals surface area contributed by atoms with Crippen molar-refractivity contribution >= 4 is 52.0 Å². The SMILES string of the molecule is Nc1ccc(Nc2nc(Nc3ccc(N)cc3)nc(Nc3ccc(N)cc3)n2)cc1. The molecular weight excluding hydrogens is 378 g/mol. The molecule has 0 aliphatic heterocycles. The summed E-state index contributed by atoms with van der Waals surface area (Å²) in [5, 5.41) is 9.49. The van der Waals surface area contributed by atoms with Crippen molar-refractivity contribution in [2.45, 2.75) is 0 Å². The van der Waals surface area contributed by atoms with Crippen molar-refractivity contribution in [2.24, 2.45) is 0 Å². The van der Waals surface area contributed by atoms with Gasteiger partial charge in [-0.05, 0) is 72.8 Å². The molecule has 0 saturated carbocycles. The van der Waals surface area contributed by atoms with E-state index < -0.39 is 0 Å². The van der Waals surface area contributed by atoms with Crippen LogP contribution in [0.15, 0.2) is 72.8 Å². The fourth-order valence-corrected chi connectivity index (χ4v) is 2.63. The van der Waals surface area contributed by atoms with E-state index in [1.54, 1.807) is 36.4 Å². The number of hydrogen-bond donors (Lipinski definition) is 6. The Morgan fingerprint density at radius 3 is 0.867 bits per heavy atom. The Morgan fingerprint density at radius 2 is 0.633 bits per heavy atom. The van der Waals surface area contributed by atoms with Crippen LogP contribution in [0.4, 0.5) is 52.0 Å². The molecule has 0 unspecified atom stereocenters. The minimum absolute atomic E-state index is 0.366. The molecule has 4 aromatic rings. The van der Waals surface area contributed by atoms with Crippen molar-refractivity contribution in [3.05, 3.63) is 72.8 Å². The molecule has 0 amide bonds. The van der Waals surface area contributed by atoms with Crippen LogP contribution in [-0.2, 0) is 0 Å². The Hall–Kier alpha value is -4.53. The third kappa shape index (κ3) is 4.84. The van der Waals surface area contributed by atoms with Gasteiger partial charge in [0, 0.05) is 34.1 Å². The van der Waals surface area contributed by atoms with Crippen molar-refractivity contribution in [1.29, 1.82) is 0 Å². The van der Waals surface area contributed by atoms with E-state index in [1.165, 1.54) is 0 Å². The number of rotatable bonds is 6. The van der Waals surface area contributed by atoms with Crippen LogP contribution in [0.5, 0.6) is 0 Å². The number of nitrogens with two attached hydrogens (primary N) is 3. The van der Waals surface area contributed by atoms with Crippen LogP contribution in [0.1, 0.15) is 0 Å². The predicted octanol–water partition coefficient (Wildman–Crippen LogP) is 3.85. The lowest BCUT2D eigenvalue weighted by Gasteiger charge is -2.12. The largest absolute Gasteiger partial charge is 0.399 e. The molecule has 0 radical (unpaired) electrons. The smallest absolute Gasteiger partial charge is 0.233 e.